The molecule has 106 valence electrons. The summed E-state index contributed by atoms with van der Waals surface area (Å²) in [7, 11) is 0. The normalized spacial score (nSPS) is 17.2. The maximum absolute atomic E-state index is 10.9. The number of ether oxygens (including phenoxy) is 1. The summed E-state index contributed by atoms with van der Waals surface area (Å²) in [6.07, 6.45) is 1.05. The van der Waals surface area contributed by atoms with Crippen molar-refractivity contribution in [3.63, 3.8) is 0 Å². The van der Waals surface area contributed by atoms with E-state index in [1.54, 1.807) is 6.07 Å². The molecule has 0 atom stereocenters. The molecule has 2 heterocycles. The Bertz CT molecular complexity index is 611. The second kappa shape index (κ2) is 5.64. The molecule has 1 aromatic carbocycles. The van der Waals surface area contributed by atoms with Crippen molar-refractivity contribution in [2.45, 2.75) is 13.0 Å². The van der Waals surface area contributed by atoms with Gasteiger partial charge >= 0.3 is 5.97 Å². The first-order valence-electron chi connectivity index (χ1n) is 6.78. The van der Waals surface area contributed by atoms with Crippen molar-refractivity contribution in [2.24, 2.45) is 0 Å². The van der Waals surface area contributed by atoms with Crippen LogP contribution in [0.1, 0.15) is 22.5 Å². The fourth-order valence-electron chi connectivity index (χ4n) is 2.51. The van der Waals surface area contributed by atoms with Gasteiger partial charge < -0.3 is 14.3 Å². The number of carboxylic acids is 1. The lowest BCUT2D eigenvalue weighted by Gasteiger charge is -2.18. The highest BCUT2D eigenvalue weighted by Crippen LogP contribution is 2.21. The topological polar surface area (TPSA) is 62.9 Å². The molecule has 1 aliphatic heterocycles. The molecule has 1 aliphatic rings. The number of hydrogen-bond acceptors (Lipinski definition) is 4. The fourth-order valence-corrected chi connectivity index (χ4v) is 2.51. The van der Waals surface area contributed by atoms with Crippen LogP contribution in [0, 0.1) is 0 Å². The molecule has 1 saturated heterocycles. The SMILES string of the molecule is O=C(O)c1cc2cc(CN3CCCOCC3)ccc2o1. The lowest BCUT2D eigenvalue weighted by molar-refractivity contribution is 0.0665. The zero-order valence-electron chi connectivity index (χ0n) is 11.2. The van der Waals surface area contributed by atoms with E-state index in [0.29, 0.717) is 5.58 Å². The molecule has 20 heavy (non-hydrogen) atoms. The lowest BCUT2D eigenvalue weighted by atomic mass is 10.1. The van der Waals surface area contributed by atoms with Gasteiger partial charge in [-0.15, -0.1) is 0 Å². The minimum atomic E-state index is -1.03. The van der Waals surface area contributed by atoms with Crippen LogP contribution in [0.5, 0.6) is 0 Å². The third-order valence-corrected chi connectivity index (χ3v) is 3.51. The van der Waals surface area contributed by atoms with Gasteiger partial charge in [0.15, 0.2) is 0 Å². The van der Waals surface area contributed by atoms with Crippen LogP contribution in [0.3, 0.4) is 0 Å². The van der Waals surface area contributed by atoms with Crippen LogP contribution in [0.2, 0.25) is 0 Å². The maximum atomic E-state index is 10.9. The third kappa shape index (κ3) is 2.84. The van der Waals surface area contributed by atoms with E-state index >= 15 is 0 Å². The van der Waals surface area contributed by atoms with E-state index in [2.05, 4.69) is 4.90 Å². The van der Waals surface area contributed by atoms with Crippen molar-refractivity contribution in [3.05, 3.63) is 35.6 Å². The highest BCUT2D eigenvalue weighted by atomic mass is 16.5. The Morgan fingerprint density at radius 2 is 2.15 bits per heavy atom. The van der Waals surface area contributed by atoms with E-state index < -0.39 is 5.97 Å². The summed E-state index contributed by atoms with van der Waals surface area (Å²) in [5.41, 5.74) is 1.78. The summed E-state index contributed by atoms with van der Waals surface area (Å²) in [4.78, 5) is 13.2. The third-order valence-electron chi connectivity index (χ3n) is 3.51. The van der Waals surface area contributed by atoms with Crippen molar-refractivity contribution in [1.82, 2.24) is 4.90 Å². The Balaban J connectivity index is 1.79. The molecule has 0 unspecified atom stereocenters. The summed E-state index contributed by atoms with van der Waals surface area (Å²) in [5.74, 6) is -1.05. The standard InChI is InChI=1S/C15H17NO4/c17-15(18)14-9-12-8-11(2-3-13(12)20-14)10-16-4-1-6-19-7-5-16/h2-3,8-9H,1,4-7,10H2,(H,17,18). The number of aromatic carboxylic acids is 1. The Kier molecular flexibility index (Phi) is 3.71. The summed E-state index contributed by atoms with van der Waals surface area (Å²) >= 11 is 0. The number of rotatable bonds is 3. The zero-order chi connectivity index (χ0) is 13.9. The van der Waals surface area contributed by atoms with E-state index in [0.717, 1.165) is 50.2 Å². The van der Waals surface area contributed by atoms with Gasteiger partial charge in [-0.05, 0) is 30.2 Å². The summed E-state index contributed by atoms with van der Waals surface area (Å²) < 4.78 is 10.7. The second-order valence-electron chi connectivity index (χ2n) is 5.03. The van der Waals surface area contributed by atoms with Crippen molar-refractivity contribution in [3.8, 4) is 0 Å². The average molecular weight is 275 g/mol. The van der Waals surface area contributed by atoms with Crippen molar-refractivity contribution < 1.29 is 19.1 Å². The molecule has 0 bridgehead atoms. The molecule has 0 aliphatic carbocycles. The molecular weight excluding hydrogens is 258 g/mol. The van der Waals surface area contributed by atoms with Crippen LogP contribution < -0.4 is 0 Å². The molecule has 0 spiro atoms. The highest BCUT2D eigenvalue weighted by molar-refractivity contribution is 5.91. The Hall–Kier alpha value is -1.85. The van der Waals surface area contributed by atoms with Crippen LogP contribution in [0.4, 0.5) is 0 Å². The van der Waals surface area contributed by atoms with Gasteiger partial charge in [-0.1, -0.05) is 6.07 Å². The summed E-state index contributed by atoms with van der Waals surface area (Å²) in [5, 5.41) is 9.77. The molecule has 0 amide bonds. The predicted octanol–water partition coefficient (Wildman–Crippen LogP) is 2.35. The molecule has 2 aromatic rings. The van der Waals surface area contributed by atoms with Crippen molar-refractivity contribution in [2.75, 3.05) is 26.3 Å². The van der Waals surface area contributed by atoms with Gasteiger partial charge in [0.1, 0.15) is 5.58 Å². The molecule has 0 saturated carbocycles. The first-order chi connectivity index (χ1) is 9.72. The Morgan fingerprint density at radius 3 is 3.00 bits per heavy atom. The summed E-state index contributed by atoms with van der Waals surface area (Å²) in [6.45, 7) is 4.43. The molecule has 1 fully saturated rings. The minimum Gasteiger partial charge on any atom is -0.475 e. The van der Waals surface area contributed by atoms with Crippen LogP contribution in [0.15, 0.2) is 28.7 Å². The van der Waals surface area contributed by atoms with Crippen molar-refractivity contribution in [1.29, 1.82) is 0 Å². The number of benzene rings is 1. The molecule has 0 radical (unpaired) electrons. The predicted molar refractivity (Wildman–Crippen MR) is 73.9 cm³/mol. The van der Waals surface area contributed by atoms with E-state index in [9.17, 15) is 4.79 Å². The van der Waals surface area contributed by atoms with Gasteiger partial charge in [0.05, 0.1) is 6.61 Å². The molecule has 5 heteroatoms. The molecule has 1 N–H and O–H groups in total. The smallest absolute Gasteiger partial charge is 0.371 e. The summed E-state index contributed by atoms with van der Waals surface area (Å²) in [6, 6.07) is 7.40. The number of fused-ring (bicyclic) bond motifs is 1. The van der Waals surface area contributed by atoms with Gasteiger partial charge in [0.25, 0.3) is 0 Å². The van der Waals surface area contributed by atoms with Gasteiger partial charge in [0, 0.05) is 31.6 Å². The molecule has 3 rings (SSSR count). The molecule has 5 nitrogen and oxygen atoms in total. The zero-order valence-corrected chi connectivity index (χ0v) is 11.2. The first kappa shape index (κ1) is 13.1. The second-order valence-corrected chi connectivity index (χ2v) is 5.03. The Morgan fingerprint density at radius 1 is 1.25 bits per heavy atom. The van der Waals surface area contributed by atoms with Crippen LogP contribution >= 0.6 is 0 Å². The number of furan rings is 1. The number of carboxylic acid groups (broad SMARTS) is 1. The lowest BCUT2D eigenvalue weighted by Crippen LogP contribution is -2.25. The van der Waals surface area contributed by atoms with E-state index in [4.69, 9.17) is 14.3 Å². The largest absolute Gasteiger partial charge is 0.475 e. The number of nitrogens with zero attached hydrogens (tertiary/aromatic N) is 1. The van der Waals surface area contributed by atoms with E-state index in [1.165, 1.54) is 0 Å². The Labute approximate surface area is 116 Å². The van der Waals surface area contributed by atoms with E-state index in [-0.39, 0.29) is 5.76 Å². The monoisotopic (exact) mass is 275 g/mol. The number of hydrogen-bond donors (Lipinski definition) is 1. The molecular formula is C15H17NO4. The minimum absolute atomic E-state index is 0.0136. The van der Waals surface area contributed by atoms with Crippen LogP contribution in [-0.2, 0) is 11.3 Å². The van der Waals surface area contributed by atoms with Crippen LogP contribution in [-0.4, -0.2) is 42.3 Å². The molecule has 1 aromatic heterocycles. The fraction of sp³-hybridized carbons (Fsp3) is 0.400. The highest BCUT2D eigenvalue weighted by Gasteiger charge is 2.13. The average Bonchev–Trinajstić information content (AvgIpc) is 2.69. The van der Waals surface area contributed by atoms with E-state index in [1.807, 2.05) is 18.2 Å². The first-order valence-corrected chi connectivity index (χ1v) is 6.78. The van der Waals surface area contributed by atoms with Crippen LogP contribution in [0.25, 0.3) is 11.0 Å². The van der Waals surface area contributed by atoms with Gasteiger partial charge in [0.2, 0.25) is 5.76 Å². The van der Waals surface area contributed by atoms with Gasteiger partial charge in [-0.2, -0.15) is 0 Å². The quantitative estimate of drug-likeness (QED) is 0.931. The van der Waals surface area contributed by atoms with Crippen molar-refractivity contribution >= 4 is 16.9 Å². The number of carbonyl (C=O) groups is 1. The van der Waals surface area contributed by atoms with Gasteiger partial charge in [-0.3, -0.25) is 4.90 Å². The maximum Gasteiger partial charge on any atom is 0.371 e. The van der Waals surface area contributed by atoms with Gasteiger partial charge in [-0.25, -0.2) is 4.79 Å².